The van der Waals surface area contributed by atoms with E-state index in [1.54, 1.807) is 29.1 Å². The van der Waals surface area contributed by atoms with Crippen LogP contribution in [0, 0.1) is 23.2 Å². The second-order valence-electron chi connectivity index (χ2n) is 3.22. The zero-order valence-electron chi connectivity index (χ0n) is 8.83. The lowest BCUT2D eigenvalue weighted by Crippen LogP contribution is -1.94. The van der Waals surface area contributed by atoms with E-state index < -0.39 is 0 Å². The van der Waals surface area contributed by atoms with Crippen LogP contribution in [0.4, 0.5) is 0 Å². The minimum atomic E-state index is -0.133. The minimum Gasteiger partial charge on any atom is -0.390 e. The maximum Gasteiger partial charge on any atom is 0.152 e. The molecule has 2 aromatic rings. The van der Waals surface area contributed by atoms with Gasteiger partial charge in [0.25, 0.3) is 0 Å². The lowest BCUT2D eigenvalue weighted by molar-refractivity contribution is 0.276. The number of aromatic nitrogens is 3. The van der Waals surface area contributed by atoms with E-state index in [0.29, 0.717) is 5.69 Å². The summed E-state index contributed by atoms with van der Waals surface area (Å²) in [6.45, 7) is -0.133. The molecule has 0 unspecified atom stereocenters. The molecule has 0 saturated carbocycles. The van der Waals surface area contributed by atoms with Crippen molar-refractivity contribution in [3.05, 3.63) is 41.7 Å². The van der Waals surface area contributed by atoms with Gasteiger partial charge in [-0.3, -0.25) is 0 Å². The summed E-state index contributed by atoms with van der Waals surface area (Å²) in [6, 6.07) is 8.97. The average Bonchev–Trinajstić information content (AvgIpc) is 2.86. The quantitative estimate of drug-likeness (QED) is 0.759. The molecule has 2 rings (SSSR count). The van der Waals surface area contributed by atoms with Gasteiger partial charge in [-0.15, -0.1) is 5.10 Å². The SMILES string of the molecule is N#CC#Cc1ccc(-n2cc(CO)nn2)cc1. The Morgan fingerprint density at radius 1 is 1.29 bits per heavy atom. The van der Waals surface area contributed by atoms with Gasteiger partial charge >= 0.3 is 0 Å². The van der Waals surface area contributed by atoms with Crippen LogP contribution in [0.3, 0.4) is 0 Å². The molecule has 0 aliphatic rings. The van der Waals surface area contributed by atoms with E-state index in [-0.39, 0.29) is 6.61 Å². The van der Waals surface area contributed by atoms with E-state index in [1.807, 2.05) is 12.1 Å². The summed E-state index contributed by atoms with van der Waals surface area (Å²) in [6.07, 6.45) is 1.65. The molecule has 17 heavy (non-hydrogen) atoms. The Balaban J connectivity index is 2.26. The molecular formula is C12H8N4O. The van der Waals surface area contributed by atoms with Gasteiger partial charge in [0.15, 0.2) is 6.07 Å². The highest BCUT2D eigenvalue weighted by atomic mass is 16.3. The second kappa shape index (κ2) is 4.93. The maximum atomic E-state index is 8.87. The molecule has 0 spiro atoms. The Bertz CT molecular complexity index is 610. The Labute approximate surface area is 97.9 Å². The lowest BCUT2D eigenvalue weighted by atomic mass is 10.2. The first-order chi connectivity index (χ1) is 8.33. The van der Waals surface area contributed by atoms with E-state index in [9.17, 15) is 0 Å². The van der Waals surface area contributed by atoms with Crippen LogP contribution in [0.5, 0.6) is 0 Å². The number of nitrogens with zero attached hydrogens (tertiary/aromatic N) is 4. The van der Waals surface area contributed by atoms with Gasteiger partial charge < -0.3 is 5.11 Å². The predicted octanol–water partition coefficient (Wildman–Crippen LogP) is 0.635. The van der Waals surface area contributed by atoms with Gasteiger partial charge in [0.2, 0.25) is 0 Å². The van der Waals surface area contributed by atoms with E-state index >= 15 is 0 Å². The Morgan fingerprint density at radius 2 is 2.06 bits per heavy atom. The van der Waals surface area contributed by atoms with Crippen LogP contribution >= 0.6 is 0 Å². The summed E-state index contributed by atoms with van der Waals surface area (Å²) in [5.74, 6) is 5.02. The fraction of sp³-hybridized carbons (Fsp3) is 0.0833. The molecule has 82 valence electrons. The molecule has 1 heterocycles. The number of aliphatic hydroxyl groups excluding tert-OH is 1. The molecule has 0 bridgehead atoms. The van der Waals surface area contributed by atoms with Crippen LogP contribution in [0.25, 0.3) is 5.69 Å². The fourth-order valence-electron chi connectivity index (χ4n) is 1.29. The van der Waals surface area contributed by atoms with Crippen molar-refractivity contribution in [3.63, 3.8) is 0 Å². The van der Waals surface area contributed by atoms with Gasteiger partial charge in [0, 0.05) is 11.5 Å². The molecule has 0 aliphatic carbocycles. The minimum absolute atomic E-state index is 0.133. The third kappa shape index (κ3) is 2.49. The van der Waals surface area contributed by atoms with Gasteiger partial charge in [-0.05, 0) is 24.3 Å². The zero-order valence-corrected chi connectivity index (χ0v) is 8.83. The average molecular weight is 224 g/mol. The summed E-state index contributed by atoms with van der Waals surface area (Å²) < 4.78 is 1.56. The van der Waals surface area contributed by atoms with Gasteiger partial charge in [-0.25, -0.2) is 4.68 Å². The van der Waals surface area contributed by atoms with Crippen LogP contribution in [0.1, 0.15) is 11.3 Å². The topological polar surface area (TPSA) is 74.7 Å². The molecule has 1 N–H and O–H groups in total. The highest BCUT2D eigenvalue weighted by Gasteiger charge is 2.00. The van der Waals surface area contributed by atoms with Crippen molar-refractivity contribution in [1.82, 2.24) is 15.0 Å². The Kier molecular flexibility index (Phi) is 3.15. The summed E-state index contributed by atoms with van der Waals surface area (Å²) in [5.41, 5.74) is 2.09. The highest BCUT2D eigenvalue weighted by Crippen LogP contribution is 2.08. The second-order valence-corrected chi connectivity index (χ2v) is 3.22. The van der Waals surface area contributed by atoms with E-state index in [4.69, 9.17) is 10.4 Å². The third-order valence-electron chi connectivity index (χ3n) is 2.10. The molecule has 0 fully saturated rings. The van der Waals surface area contributed by atoms with Crippen LogP contribution in [-0.2, 0) is 6.61 Å². The van der Waals surface area contributed by atoms with Crippen molar-refractivity contribution in [3.8, 4) is 23.6 Å². The predicted molar refractivity (Wildman–Crippen MR) is 59.8 cm³/mol. The zero-order chi connectivity index (χ0) is 12.1. The van der Waals surface area contributed by atoms with Gasteiger partial charge in [-0.2, -0.15) is 5.26 Å². The molecule has 0 saturated heterocycles. The van der Waals surface area contributed by atoms with Crippen LogP contribution < -0.4 is 0 Å². The lowest BCUT2D eigenvalue weighted by Gasteiger charge is -1.98. The number of nitriles is 1. The first-order valence-electron chi connectivity index (χ1n) is 4.86. The smallest absolute Gasteiger partial charge is 0.152 e. The summed E-state index contributed by atoms with van der Waals surface area (Å²) in [4.78, 5) is 0. The first kappa shape index (κ1) is 10.9. The van der Waals surface area contributed by atoms with Gasteiger partial charge in [0.1, 0.15) is 5.69 Å². The molecule has 1 aromatic heterocycles. The summed E-state index contributed by atoms with van der Waals surface area (Å²) in [5, 5.41) is 24.8. The molecule has 0 aliphatic heterocycles. The molecule has 1 aromatic carbocycles. The third-order valence-corrected chi connectivity index (χ3v) is 2.10. The van der Waals surface area contributed by atoms with Crippen molar-refractivity contribution >= 4 is 0 Å². The van der Waals surface area contributed by atoms with Crippen molar-refractivity contribution in [2.24, 2.45) is 0 Å². The summed E-state index contributed by atoms with van der Waals surface area (Å²) in [7, 11) is 0. The van der Waals surface area contributed by atoms with E-state index in [2.05, 4.69) is 22.2 Å². The van der Waals surface area contributed by atoms with Crippen molar-refractivity contribution in [1.29, 1.82) is 5.26 Å². The number of benzene rings is 1. The Hall–Kier alpha value is -2.63. The van der Waals surface area contributed by atoms with Crippen LogP contribution in [0.15, 0.2) is 30.5 Å². The normalized spacial score (nSPS) is 9.18. The number of hydrogen-bond acceptors (Lipinski definition) is 4. The number of aliphatic hydroxyl groups is 1. The largest absolute Gasteiger partial charge is 0.390 e. The number of rotatable bonds is 2. The maximum absolute atomic E-state index is 8.87. The van der Waals surface area contributed by atoms with Crippen LogP contribution in [-0.4, -0.2) is 20.1 Å². The summed E-state index contributed by atoms with van der Waals surface area (Å²) >= 11 is 0. The first-order valence-corrected chi connectivity index (χ1v) is 4.86. The van der Waals surface area contributed by atoms with E-state index in [1.165, 1.54) is 0 Å². The molecule has 5 nitrogen and oxygen atoms in total. The molecular weight excluding hydrogens is 216 g/mol. The molecule has 5 heteroatoms. The van der Waals surface area contributed by atoms with Crippen molar-refractivity contribution < 1.29 is 5.11 Å². The van der Waals surface area contributed by atoms with Crippen molar-refractivity contribution in [2.45, 2.75) is 6.61 Å². The monoisotopic (exact) mass is 224 g/mol. The standard InChI is InChI=1S/C12H8N4O/c13-7-1-2-10-3-5-12(6-4-10)16-8-11(9-17)14-15-16/h3-6,8,17H,9H2. The van der Waals surface area contributed by atoms with E-state index in [0.717, 1.165) is 11.3 Å². The highest BCUT2D eigenvalue weighted by molar-refractivity contribution is 5.42. The van der Waals surface area contributed by atoms with Crippen molar-refractivity contribution in [2.75, 3.05) is 0 Å². The number of hydrogen-bond donors (Lipinski definition) is 1. The van der Waals surface area contributed by atoms with Gasteiger partial charge in [-0.1, -0.05) is 11.1 Å². The van der Waals surface area contributed by atoms with Gasteiger partial charge in [0.05, 0.1) is 18.5 Å². The molecule has 0 amide bonds. The Morgan fingerprint density at radius 3 is 2.65 bits per heavy atom. The molecule has 0 atom stereocenters. The van der Waals surface area contributed by atoms with Crippen LogP contribution in [0.2, 0.25) is 0 Å². The fourth-order valence-corrected chi connectivity index (χ4v) is 1.29. The molecule has 0 radical (unpaired) electrons.